The maximum absolute atomic E-state index is 14.3. The highest BCUT2D eigenvalue weighted by atomic mass is 32.2. The summed E-state index contributed by atoms with van der Waals surface area (Å²) in [6, 6.07) is 9.76. The van der Waals surface area contributed by atoms with Crippen LogP contribution in [0.5, 0.6) is 5.75 Å². The average Bonchev–Trinajstić information content (AvgIpc) is 2.78. The van der Waals surface area contributed by atoms with Crippen molar-refractivity contribution >= 4 is 23.6 Å². The Balaban J connectivity index is 1.53. The summed E-state index contributed by atoms with van der Waals surface area (Å²) in [6.07, 6.45) is 0.177. The SMILES string of the molecule is COc1cccc(F)c1C(=O)N1CCN(C(=O)C[C@H](N)CSc2ccc(F)cc2)CC1C. The van der Waals surface area contributed by atoms with Gasteiger partial charge in [-0.05, 0) is 43.3 Å². The van der Waals surface area contributed by atoms with Crippen molar-refractivity contribution in [1.29, 1.82) is 0 Å². The van der Waals surface area contributed by atoms with Gasteiger partial charge >= 0.3 is 0 Å². The summed E-state index contributed by atoms with van der Waals surface area (Å²) in [5.74, 6) is -0.756. The van der Waals surface area contributed by atoms with E-state index in [-0.39, 0.29) is 41.5 Å². The van der Waals surface area contributed by atoms with Crippen molar-refractivity contribution in [1.82, 2.24) is 9.80 Å². The summed E-state index contributed by atoms with van der Waals surface area (Å²) >= 11 is 1.47. The molecular weight excluding hydrogens is 436 g/mol. The Morgan fingerprint density at radius 1 is 1.19 bits per heavy atom. The topological polar surface area (TPSA) is 75.9 Å². The number of nitrogens with two attached hydrogens (primary N) is 1. The molecule has 3 rings (SSSR count). The van der Waals surface area contributed by atoms with E-state index in [1.807, 2.05) is 6.92 Å². The first kappa shape index (κ1) is 24.0. The Kier molecular flexibility index (Phi) is 8.09. The third-order valence-corrected chi connectivity index (χ3v) is 6.57. The monoisotopic (exact) mass is 463 g/mol. The molecule has 0 bridgehead atoms. The number of rotatable bonds is 7. The number of hydrogen-bond acceptors (Lipinski definition) is 5. The lowest BCUT2D eigenvalue weighted by atomic mass is 10.1. The second-order valence-electron chi connectivity index (χ2n) is 7.73. The van der Waals surface area contributed by atoms with Crippen molar-refractivity contribution in [2.75, 3.05) is 32.5 Å². The van der Waals surface area contributed by atoms with Crippen LogP contribution in [-0.2, 0) is 4.79 Å². The number of carbonyl (C=O) groups excluding carboxylic acids is 2. The van der Waals surface area contributed by atoms with E-state index in [0.717, 1.165) is 4.90 Å². The van der Waals surface area contributed by atoms with Gasteiger partial charge in [-0.25, -0.2) is 8.78 Å². The number of carbonyl (C=O) groups is 2. The third-order valence-electron chi connectivity index (χ3n) is 5.36. The van der Waals surface area contributed by atoms with Gasteiger partial charge in [0.15, 0.2) is 0 Å². The van der Waals surface area contributed by atoms with Gasteiger partial charge in [-0.1, -0.05) is 6.07 Å². The average molecular weight is 464 g/mol. The number of piperazine rings is 1. The molecule has 1 aliphatic rings. The summed E-state index contributed by atoms with van der Waals surface area (Å²) in [7, 11) is 1.39. The van der Waals surface area contributed by atoms with Gasteiger partial charge in [0.05, 0.1) is 7.11 Å². The van der Waals surface area contributed by atoms with Crippen LogP contribution >= 0.6 is 11.8 Å². The fourth-order valence-electron chi connectivity index (χ4n) is 3.66. The summed E-state index contributed by atoms with van der Waals surface area (Å²) in [4.78, 5) is 29.8. The number of thioether (sulfide) groups is 1. The van der Waals surface area contributed by atoms with Crippen molar-refractivity contribution in [3.8, 4) is 5.75 Å². The van der Waals surface area contributed by atoms with Gasteiger partial charge in [0, 0.05) is 48.8 Å². The number of ether oxygens (including phenoxy) is 1. The highest BCUT2D eigenvalue weighted by molar-refractivity contribution is 7.99. The van der Waals surface area contributed by atoms with Crippen molar-refractivity contribution in [3.63, 3.8) is 0 Å². The van der Waals surface area contributed by atoms with E-state index in [9.17, 15) is 18.4 Å². The predicted molar refractivity (Wildman–Crippen MR) is 120 cm³/mol. The molecule has 2 atom stereocenters. The highest BCUT2D eigenvalue weighted by Crippen LogP contribution is 2.25. The lowest BCUT2D eigenvalue weighted by molar-refractivity contribution is -0.133. The van der Waals surface area contributed by atoms with Crippen LogP contribution in [0.2, 0.25) is 0 Å². The lowest BCUT2D eigenvalue weighted by Gasteiger charge is -2.40. The molecular formula is C23H27F2N3O3S. The van der Waals surface area contributed by atoms with Gasteiger partial charge in [0.25, 0.3) is 5.91 Å². The van der Waals surface area contributed by atoms with Gasteiger partial charge in [-0.3, -0.25) is 9.59 Å². The Morgan fingerprint density at radius 2 is 1.91 bits per heavy atom. The molecule has 172 valence electrons. The molecule has 9 heteroatoms. The van der Waals surface area contributed by atoms with E-state index >= 15 is 0 Å². The quantitative estimate of drug-likeness (QED) is 0.639. The van der Waals surface area contributed by atoms with Crippen LogP contribution in [0.4, 0.5) is 8.78 Å². The maximum Gasteiger partial charge on any atom is 0.260 e. The molecule has 2 N–H and O–H groups in total. The summed E-state index contributed by atoms with van der Waals surface area (Å²) in [6.45, 7) is 2.82. The van der Waals surface area contributed by atoms with Gasteiger partial charge in [-0.2, -0.15) is 0 Å². The zero-order valence-corrected chi connectivity index (χ0v) is 18.9. The standard InChI is InChI=1S/C23H27F2N3O3S/c1-15-13-27(21(29)12-17(26)14-32-18-8-6-16(24)7-9-18)10-11-28(15)23(30)22-19(25)4-3-5-20(22)31-2/h3-9,15,17H,10-14,26H2,1-2H3/t15?,17-/m0/s1. The number of benzene rings is 2. The number of amides is 2. The van der Waals surface area contributed by atoms with E-state index in [4.69, 9.17) is 10.5 Å². The van der Waals surface area contributed by atoms with Crippen molar-refractivity contribution in [2.24, 2.45) is 5.73 Å². The number of halogens is 2. The molecule has 1 fully saturated rings. The summed E-state index contributed by atoms with van der Waals surface area (Å²) in [5, 5.41) is 0. The van der Waals surface area contributed by atoms with Crippen molar-refractivity contribution in [2.45, 2.75) is 30.3 Å². The second kappa shape index (κ2) is 10.8. The molecule has 0 radical (unpaired) electrons. The van der Waals surface area contributed by atoms with Crippen LogP contribution in [0.15, 0.2) is 47.4 Å². The van der Waals surface area contributed by atoms with Crippen LogP contribution in [0.1, 0.15) is 23.7 Å². The Bertz CT molecular complexity index is 958. The van der Waals surface area contributed by atoms with Gasteiger partial charge in [-0.15, -0.1) is 11.8 Å². The second-order valence-corrected chi connectivity index (χ2v) is 8.83. The lowest BCUT2D eigenvalue weighted by Crippen LogP contribution is -2.56. The number of nitrogens with zero attached hydrogens (tertiary/aromatic N) is 2. The molecule has 2 aromatic rings. The van der Waals surface area contributed by atoms with E-state index in [1.165, 1.54) is 43.1 Å². The largest absolute Gasteiger partial charge is 0.496 e. The van der Waals surface area contributed by atoms with Crippen LogP contribution in [0.3, 0.4) is 0 Å². The molecule has 2 amide bonds. The van der Waals surface area contributed by atoms with E-state index in [1.54, 1.807) is 28.0 Å². The van der Waals surface area contributed by atoms with Crippen LogP contribution < -0.4 is 10.5 Å². The number of hydrogen-bond donors (Lipinski definition) is 1. The molecule has 0 aliphatic carbocycles. The fourth-order valence-corrected chi connectivity index (χ4v) is 4.51. The third kappa shape index (κ3) is 5.77. The molecule has 32 heavy (non-hydrogen) atoms. The fraction of sp³-hybridized carbons (Fsp3) is 0.391. The first-order valence-corrected chi connectivity index (χ1v) is 11.3. The summed E-state index contributed by atoms with van der Waals surface area (Å²) in [5.41, 5.74) is 6.04. The van der Waals surface area contributed by atoms with Crippen LogP contribution in [-0.4, -0.2) is 66.2 Å². The van der Waals surface area contributed by atoms with Crippen molar-refractivity contribution < 1.29 is 23.1 Å². The summed E-state index contributed by atoms with van der Waals surface area (Å²) < 4.78 is 32.5. The first-order valence-electron chi connectivity index (χ1n) is 10.3. The van der Waals surface area contributed by atoms with Crippen LogP contribution in [0.25, 0.3) is 0 Å². The van der Waals surface area contributed by atoms with E-state index in [2.05, 4.69) is 0 Å². The minimum atomic E-state index is -0.635. The van der Waals surface area contributed by atoms with E-state index in [0.29, 0.717) is 25.4 Å². The maximum atomic E-state index is 14.3. The highest BCUT2D eigenvalue weighted by Gasteiger charge is 2.33. The molecule has 0 aromatic heterocycles. The van der Waals surface area contributed by atoms with Crippen molar-refractivity contribution in [3.05, 3.63) is 59.7 Å². The van der Waals surface area contributed by atoms with Gasteiger partial charge in [0.2, 0.25) is 5.91 Å². The zero-order chi connectivity index (χ0) is 23.3. The molecule has 1 saturated heterocycles. The normalized spacial score (nSPS) is 17.2. The predicted octanol–water partition coefficient (Wildman–Crippen LogP) is 3.16. The molecule has 0 spiro atoms. The molecule has 1 aliphatic heterocycles. The molecule has 1 heterocycles. The molecule has 0 saturated carbocycles. The molecule has 2 aromatic carbocycles. The Labute approximate surface area is 190 Å². The van der Waals surface area contributed by atoms with E-state index < -0.39 is 11.7 Å². The zero-order valence-electron chi connectivity index (χ0n) is 18.1. The Morgan fingerprint density at radius 3 is 2.56 bits per heavy atom. The molecule has 1 unspecified atom stereocenters. The molecule has 6 nitrogen and oxygen atoms in total. The number of methoxy groups -OCH3 is 1. The Hall–Kier alpha value is -2.65. The van der Waals surface area contributed by atoms with Gasteiger partial charge in [0.1, 0.15) is 22.9 Å². The smallest absolute Gasteiger partial charge is 0.260 e. The van der Waals surface area contributed by atoms with Crippen LogP contribution in [0, 0.1) is 11.6 Å². The van der Waals surface area contributed by atoms with Gasteiger partial charge < -0.3 is 20.3 Å². The minimum Gasteiger partial charge on any atom is -0.496 e. The minimum absolute atomic E-state index is 0.0837. The first-order chi connectivity index (χ1) is 15.3.